The molecule has 0 bridgehead atoms. The van der Waals surface area contributed by atoms with Gasteiger partial charge >= 0.3 is 0 Å². The van der Waals surface area contributed by atoms with E-state index in [1.54, 1.807) is 0 Å². The standard InChI is InChI=1S/C14H29N3/c1-12-5-4-8-15-14(12)11-17-9-6-13(7-10-17)16(2)3/h12-15H,4-11H2,1-3H3. The van der Waals surface area contributed by atoms with Crippen LogP contribution in [0.5, 0.6) is 0 Å². The molecule has 0 aliphatic carbocycles. The smallest absolute Gasteiger partial charge is 0.0220 e. The highest BCUT2D eigenvalue weighted by Crippen LogP contribution is 2.19. The monoisotopic (exact) mass is 239 g/mol. The van der Waals surface area contributed by atoms with Gasteiger partial charge in [0, 0.05) is 18.6 Å². The van der Waals surface area contributed by atoms with E-state index in [0.29, 0.717) is 0 Å². The Bertz CT molecular complexity index is 222. The molecule has 2 rings (SSSR count). The predicted molar refractivity (Wildman–Crippen MR) is 73.3 cm³/mol. The van der Waals surface area contributed by atoms with Gasteiger partial charge in [0.1, 0.15) is 0 Å². The highest BCUT2D eigenvalue weighted by Gasteiger charge is 2.26. The quantitative estimate of drug-likeness (QED) is 0.803. The van der Waals surface area contributed by atoms with Crippen molar-refractivity contribution in [3.8, 4) is 0 Å². The number of hydrogen-bond donors (Lipinski definition) is 1. The van der Waals surface area contributed by atoms with Gasteiger partial charge < -0.3 is 15.1 Å². The van der Waals surface area contributed by atoms with Crippen molar-refractivity contribution in [1.29, 1.82) is 0 Å². The first-order valence-corrected chi connectivity index (χ1v) is 7.29. The maximum absolute atomic E-state index is 3.70. The molecule has 0 amide bonds. The third-order valence-corrected chi connectivity index (χ3v) is 4.67. The SMILES string of the molecule is CC1CCCNC1CN1CCC(N(C)C)CC1. The zero-order chi connectivity index (χ0) is 12.3. The maximum atomic E-state index is 3.70. The molecule has 2 heterocycles. The summed E-state index contributed by atoms with van der Waals surface area (Å²) in [5, 5.41) is 3.70. The Morgan fingerprint density at radius 2 is 1.88 bits per heavy atom. The van der Waals surface area contributed by atoms with Crippen LogP contribution in [0.2, 0.25) is 0 Å². The molecular weight excluding hydrogens is 210 g/mol. The first kappa shape index (κ1) is 13.3. The van der Waals surface area contributed by atoms with Crippen molar-refractivity contribution in [2.45, 2.75) is 44.7 Å². The van der Waals surface area contributed by atoms with Crippen LogP contribution in [0.15, 0.2) is 0 Å². The summed E-state index contributed by atoms with van der Waals surface area (Å²) in [5.74, 6) is 0.857. The van der Waals surface area contributed by atoms with Crippen LogP contribution < -0.4 is 5.32 Å². The van der Waals surface area contributed by atoms with Gasteiger partial charge in [-0.2, -0.15) is 0 Å². The van der Waals surface area contributed by atoms with E-state index in [4.69, 9.17) is 0 Å². The molecule has 2 saturated heterocycles. The number of nitrogens with zero attached hydrogens (tertiary/aromatic N) is 2. The van der Waals surface area contributed by atoms with Gasteiger partial charge in [0.25, 0.3) is 0 Å². The van der Waals surface area contributed by atoms with Gasteiger partial charge in [-0.25, -0.2) is 0 Å². The molecule has 2 fully saturated rings. The molecule has 2 unspecified atom stereocenters. The average molecular weight is 239 g/mol. The molecule has 0 aromatic carbocycles. The van der Waals surface area contributed by atoms with Crippen molar-refractivity contribution in [3.05, 3.63) is 0 Å². The van der Waals surface area contributed by atoms with E-state index < -0.39 is 0 Å². The first-order valence-electron chi connectivity index (χ1n) is 7.29. The summed E-state index contributed by atoms with van der Waals surface area (Å²) in [6.45, 7) is 7.47. The molecule has 0 radical (unpaired) electrons. The van der Waals surface area contributed by atoms with Gasteiger partial charge in [-0.1, -0.05) is 6.92 Å². The Morgan fingerprint density at radius 1 is 1.18 bits per heavy atom. The molecule has 2 aliphatic heterocycles. The Balaban J connectivity index is 1.73. The molecule has 0 aromatic rings. The molecular formula is C14H29N3. The number of piperidine rings is 2. The second kappa shape index (κ2) is 6.17. The Hall–Kier alpha value is -0.120. The lowest BCUT2D eigenvalue weighted by Crippen LogP contribution is -2.51. The van der Waals surface area contributed by atoms with E-state index in [2.05, 4.69) is 36.1 Å². The van der Waals surface area contributed by atoms with Gasteiger partial charge in [-0.05, 0) is 65.3 Å². The average Bonchev–Trinajstić information content (AvgIpc) is 2.33. The topological polar surface area (TPSA) is 18.5 Å². The van der Waals surface area contributed by atoms with Gasteiger partial charge in [0.2, 0.25) is 0 Å². The van der Waals surface area contributed by atoms with Crippen molar-refractivity contribution in [3.63, 3.8) is 0 Å². The van der Waals surface area contributed by atoms with Crippen molar-refractivity contribution in [1.82, 2.24) is 15.1 Å². The molecule has 0 saturated carbocycles. The van der Waals surface area contributed by atoms with Crippen LogP contribution in [-0.4, -0.2) is 62.2 Å². The summed E-state index contributed by atoms with van der Waals surface area (Å²) < 4.78 is 0. The van der Waals surface area contributed by atoms with E-state index in [1.807, 2.05) is 0 Å². The number of rotatable bonds is 3. The van der Waals surface area contributed by atoms with E-state index >= 15 is 0 Å². The van der Waals surface area contributed by atoms with Crippen molar-refractivity contribution < 1.29 is 0 Å². The van der Waals surface area contributed by atoms with Crippen LogP contribution >= 0.6 is 0 Å². The molecule has 0 spiro atoms. The Kier molecular flexibility index (Phi) is 4.83. The third kappa shape index (κ3) is 3.67. The van der Waals surface area contributed by atoms with E-state index in [0.717, 1.165) is 18.0 Å². The summed E-state index contributed by atoms with van der Waals surface area (Å²) in [4.78, 5) is 5.05. The van der Waals surface area contributed by atoms with Crippen molar-refractivity contribution in [2.75, 3.05) is 40.3 Å². The molecule has 3 heteroatoms. The van der Waals surface area contributed by atoms with E-state index in [-0.39, 0.29) is 0 Å². The molecule has 100 valence electrons. The Morgan fingerprint density at radius 3 is 2.47 bits per heavy atom. The normalized spacial score (nSPS) is 33.2. The van der Waals surface area contributed by atoms with Gasteiger partial charge in [0.05, 0.1) is 0 Å². The fourth-order valence-corrected chi connectivity index (χ4v) is 3.25. The summed E-state index contributed by atoms with van der Waals surface area (Å²) in [6, 6.07) is 1.54. The van der Waals surface area contributed by atoms with Crippen LogP contribution in [0.25, 0.3) is 0 Å². The lowest BCUT2D eigenvalue weighted by molar-refractivity contribution is 0.120. The van der Waals surface area contributed by atoms with E-state index in [9.17, 15) is 0 Å². The van der Waals surface area contributed by atoms with Crippen molar-refractivity contribution in [2.24, 2.45) is 5.92 Å². The zero-order valence-corrected chi connectivity index (χ0v) is 11.8. The summed E-state index contributed by atoms with van der Waals surface area (Å²) in [6.07, 6.45) is 5.45. The van der Waals surface area contributed by atoms with E-state index in [1.165, 1.54) is 51.9 Å². The van der Waals surface area contributed by atoms with Gasteiger partial charge in [0.15, 0.2) is 0 Å². The molecule has 2 atom stereocenters. The third-order valence-electron chi connectivity index (χ3n) is 4.67. The summed E-state index contributed by atoms with van der Waals surface area (Å²) in [5.41, 5.74) is 0. The molecule has 2 aliphatic rings. The largest absolute Gasteiger partial charge is 0.312 e. The maximum Gasteiger partial charge on any atom is 0.0220 e. The lowest BCUT2D eigenvalue weighted by Gasteiger charge is -2.39. The molecule has 0 aromatic heterocycles. The van der Waals surface area contributed by atoms with Gasteiger partial charge in [-0.15, -0.1) is 0 Å². The number of hydrogen-bond acceptors (Lipinski definition) is 3. The van der Waals surface area contributed by atoms with Crippen LogP contribution in [0.3, 0.4) is 0 Å². The fraction of sp³-hybridized carbons (Fsp3) is 1.00. The van der Waals surface area contributed by atoms with Crippen molar-refractivity contribution >= 4 is 0 Å². The highest BCUT2D eigenvalue weighted by atomic mass is 15.2. The van der Waals surface area contributed by atoms with Crippen LogP contribution in [-0.2, 0) is 0 Å². The van der Waals surface area contributed by atoms with Gasteiger partial charge in [-0.3, -0.25) is 0 Å². The lowest BCUT2D eigenvalue weighted by atomic mass is 9.91. The minimum absolute atomic E-state index is 0.736. The fourth-order valence-electron chi connectivity index (χ4n) is 3.25. The minimum Gasteiger partial charge on any atom is -0.312 e. The first-order chi connectivity index (χ1) is 8.16. The highest BCUT2D eigenvalue weighted by molar-refractivity contribution is 4.84. The second-order valence-electron chi connectivity index (χ2n) is 6.18. The summed E-state index contributed by atoms with van der Waals surface area (Å²) >= 11 is 0. The molecule has 3 nitrogen and oxygen atoms in total. The van der Waals surface area contributed by atoms with Crippen LogP contribution in [0, 0.1) is 5.92 Å². The number of likely N-dealkylation sites (tertiary alicyclic amines) is 1. The van der Waals surface area contributed by atoms with Crippen LogP contribution in [0.1, 0.15) is 32.6 Å². The molecule has 1 N–H and O–H groups in total. The molecule has 17 heavy (non-hydrogen) atoms. The zero-order valence-electron chi connectivity index (χ0n) is 11.8. The predicted octanol–water partition coefficient (Wildman–Crippen LogP) is 1.40. The van der Waals surface area contributed by atoms with Crippen LogP contribution in [0.4, 0.5) is 0 Å². The summed E-state index contributed by atoms with van der Waals surface area (Å²) in [7, 11) is 4.43. The minimum atomic E-state index is 0.736. The second-order valence-corrected chi connectivity index (χ2v) is 6.18. The number of nitrogens with one attached hydrogen (secondary N) is 1. The Labute approximate surface area is 107 Å².